The molecule has 1 unspecified atom stereocenters. The Kier molecular flexibility index (Phi) is 4.50. The summed E-state index contributed by atoms with van der Waals surface area (Å²) in [6.45, 7) is 1.21. The summed E-state index contributed by atoms with van der Waals surface area (Å²) in [6, 6.07) is 3.84. The van der Waals surface area contributed by atoms with E-state index in [1.165, 1.54) is 23.5 Å². The quantitative estimate of drug-likeness (QED) is 0.812. The number of rotatable bonds is 5. The fraction of sp³-hybridized carbons (Fsp3) is 0.462. The molecule has 1 fully saturated rings. The summed E-state index contributed by atoms with van der Waals surface area (Å²) in [5.41, 5.74) is 5.39. The highest BCUT2D eigenvalue weighted by Gasteiger charge is 2.32. The van der Waals surface area contributed by atoms with Crippen LogP contribution < -0.4 is 10.5 Å². The molecule has 1 aliphatic rings. The van der Waals surface area contributed by atoms with Crippen LogP contribution in [0.25, 0.3) is 0 Å². The smallest absolute Gasteiger partial charge is 0.339 e. The Labute approximate surface area is 123 Å². The summed E-state index contributed by atoms with van der Waals surface area (Å²) in [5, 5.41) is 9.13. The van der Waals surface area contributed by atoms with Crippen molar-refractivity contribution in [3.8, 4) is 5.75 Å². The minimum Gasteiger partial charge on any atom is -0.496 e. The third-order valence-electron chi connectivity index (χ3n) is 3.62. The molecule has 7 nitrogen and oxygen atoms in total. The van der Waals surface area contributed by atoms with E-state index in [2.05, 4.69) is 0 Å². The van der Waals surface area contributed by atoms with Gasteiger partial charge in [-0.1, -0.05) is 0 Å². The monoisotopic (exact) mass is 314 g/mol. The Bertz CT molecular complexity index is 644. The fourth-order valence-electron chi connectivity index (χ4n) is 2.37. The lowest BCUT2D eigenvalue weighted by Crippen LogP contribution is -2.30. The van der Waals surface area contributed by atoms with Crippen LogP contribution in [0, 0.1) is 5.92 Å². The highest BCUT2D eigenvalue weighted by molar-refractivity contribution is 7.89. The number of nitrogens with zero attached hydrogens (tertiary/aromatic N) is 1. The number of hydrogen-bond acceptors (Lipinski definition) is 5. The van der Waals surface area contributed by atoms with Crippen LogP contribution in [-0.2, 0) is 10.0 Å². The number of carboxylic acid groups (broad SMARTS) is 1. The molecule has 1 atom stereocenters. The summed E-state index contributed by atoms with van der Waals surface area (Å²) < 4.78 is 31.3. The number of aromatic carboxylic acids is 1. The third-order valence-corrected chi connectivity index (χ3v) is 5.48. The molecule has 8 heteroatoms. The van der Waals surface area contributed by atoms with E-state index < -0.39 is 16.0 Å². The van der Waals surface area contributed by atoms with E-state index in [0.717, 1.165) is 12.5 Å². The molecule has 0 spiro atoms. The highest BCUT2D eigenvalue weighted by Crippen LogP contribution is 2.27. The summed E-state index contributed by atoms with van der Waals surface area (Å²) >= 11 is 0. The van der Waals surface area contributed by atoms with Crippen molar-refractivity contribution in [3.05, 3.63) is 23.8 Å². The Balaban J connectivity index is 2.37. The zero-order valence-corrected chi connectivity index (χ0v) is 12.5. The van der Waals surface area contributed by atoms with Gasteiger partial charge in [-0.25, -0.2) is 13.2 Å². The van der Waals surface area contributed by atoms with Gasteiger partial charge in [-0.2, -0.15) is 4.31 Å². The van der Waals surface area contributed by atoms with Gasteiger partial charge in [0.2, 0.25) is 10.0 Å². The Hall–Kier alpha value is -1.64. The second kappa shape index (κ2) is 6.00. The molecular formula is C13H18N2O5S. The Morgan fingerprint density at radius 3 is 2.76 bits per heavy atom. The summed E-state index contributed by atoms with van der Waals surface area (Å²) in [5.74, 6) is -0.954. The number of carboxylic acids is 1. The van der Waals surface area contributed by atoms with Crippen LogP contribution in [0.4, 0.5) is 0 Å². The van der Waals surface area contributed by atoms with Crippen molar-refractivity contribution in [2.75, 3.05) is 26.7 Å². The third kappa shape index (κ3) is 3.02. The van der Waals surface area contributed by atoms with Gasteiger partial charge in [-0.05, 0) is 37.1 Å². The largest absolute Gasteiger partial charge is 0.496 e. The first-order chi connectivity index (χ1) is 9.90. The van der Waals surface area contributed by atoms with Gasteiger partial charge in [0, 0.05) is 13.1 Å². The minimum atomic E-state index is -3.70. The first-order valence-corrected chi connectivity index (χ1v) is 7.95. The molecule has 1 aliphatic heterocycles. The van der Waals surface area contributed by atoms with E-state index in [1.54, 1.807) is 0 Å². The molecule has 1 saturated heterocycles. The summed E-state index contributed by atoms with van der Waals surface area (Å²) in [4.78, 5) is 11.1. The van der Waals surface area contributed by atoms with Gasteiger partial charge in [0.1, 0.15) is 11.3 Å². The first-order valence-electron chi connectivity index (χ1n) is 6.51. The number of ether oxygens (including phenoxy) is 1. The van der Waals surface area contributed by atoms with Crippen molar-refractivity contribution >= 4 is 16.0 Å². The average Bonchev–Trinajstić information content (AvgIpc) is 2.96. The van der Waals surface area contributed by atoms with Gasteiger partial charge in [-0.3, -0.25) is 0 Å². The molecule has 1 aromatic carbocycles. The molecule has 2 rings (SSSR count). The standard InChI is InChI=1S/C13H18N2O5S/c1-20-12-3-2-10(6-11(12)13(16)17)21(18,19)15-5-4-9(7-14)8-15/h2-3,6,9H,4-5,7-8,14H2,1H3,(H,16,17). The Morgan fingerprint density at radius 1 is 1.52 bits per heavy atom. The molecule has 1 heterocycles. The lowest BCUT2D eigenvalue weighted by Gasteiger charge is -2.17. The van der Waals surface area contributed by atoms with E-state index in [-0.39, 0.29) is 22.1 Å². The van der Waals surface area contributed by atoms with Gasteiger partial charge in [0.15, 0.2) is 0 Å². The average molecular weight is 314 g/mol. The maximum Gasteiger partial charge on any atom is 0.339 e. The molecule has 0 bridgehead atoms. The second-order valence-corrected chi connectivity index (χ2v) is 6.86. The number of sulfonamides is 1. The van der Waals surface area contributed by atoms with Gasteiger partial charge in [0.05, 0.1) is 12.0 Å². The van der Waals surface area contributed by atoms with E-state index in [9.17, 15) is 13.2 Å². The zero-order valence-electron chi connectivity index (χ0n) is 11.7. The molecule has 0 aromatic heterocycles. The topological polar surface area (TPSA) is 110 Å². The molecule has 0 saturated carbocycles. The SMILES string of the molecule is COc1ccc(S(=O)(=O)N2CCC(CN)C2)cc1C(=O)O. The molecular weight excluding hydrogens is 296 g/mol. The van der Waals surface area contributed by atoms with E-state index in [0.29, 0.717) is 19.6 Å². The maximum absolute atomic E-state index is 12.5. The lowest BCUT2D eigenvalue weighted by molar-refractivity contribution is 0.0693. The fourth-order valence-corrected chi connectivity index (χ4v) is 3.93. The molecule has 116 valence electrons. The summed E-state index contributed by atoms with van der Waals surface area (Å²) in [6.07, 6.45) is 0.720. The van der Waals surface area contributed by atoms with E-state index >= 15 is 0 Å². The number of hydrogen-bond donors (Lipinski definition) is 2. The van der Waals surface area contributed by atoms with Crippen LogP contribution in [0.2, 0.25) is 0 Å². The molecule has 0 radical (unpaired) electrons. The van der Waals surface area contributed by atoms with Gasteiger partial charge in [0.25, 0.3) is 0 Å². The number of carbonyl (C=O) groups is 1. The van der Waals surface area contributed by atoms with Crippen molar-refractivity contribution in [1.29, 1.82) is 0 Å². The van der Waals surface area contributed by atoms with Crippen LogP contribution in [-0.4, -0.2) is 50.5 Å². The predicted octanol–water partition coefficient (Wildman–Crippen LogP) is 0.363. The number of benzene rings is 1. The van der Waals surface area contributed by atoms with Crippen molar-refractivity contribution in [2.24, 2.45) is 11.7 Å². The summed E-state index contributed by atoms with van der Waals surface area (Å²) in [7, 11) is -2.37. The van der Waals surface area contributed by atoms with Crippen LogP contribution in [0.5, 0.6) is 5.75 Å². The van der Waals surface area contributed by atoms with Gasteiger partial charge < -0.3 is 15.6 Å². The zero-order chi connectivity index (χ0) is 15.6. The molecule has 0 aliphatic carbocycles. The van der Waals surface area contributed by atoms with Crippen LogP contribution in [0.3, 0.4) is 0 Å². The van der Waals surface area contributed by atoms with Crippen LogP contribution in [0.15, 0.2) is 23.1 Å². The molecule has 1 aromatic rings. The predicted molar refractivity (Wildman–Crippen MR) is 75.9 cm³/mol. The van der Waals surface area contributed by atoms with Crippen molar-refractivity contribution in [1.82, 2.24) is 4.31 Å². The number of methoxy groups -OCH3 is 1. The highest BCUT2D eigenvalue weighted by atomic mass is 32.2. The van der Waals surface area contributed by atoms with Crippen molar-refractivity contribution in [2.45, 2.75) is 11.3 Å². The van der Waals surface area contributed by atoms with Crippen LogP contribution >= 0.6 is 0 Å². The molecule has 0 amide bonds. The minimum absolute atomic E-state index is 0.0432. The molecule has 21 heavy (non-hydrogen) atoms. The van der Waals surface area contributed by atoms with E-state index in [4.69, 9.17) is 15.6 Å². The van der Waals surface area contributed by atoms with Crippen LogP contribution in [0.1, 0.15) is 16.8 Å². The molecule has 3 N–H and O–H groups in total. The van der Waals surface area contributed by atoms with Gasteiger partial charge in [-0.15, -0.1) is 0 Å². The Morgan fingerprint density at radius 2 is 2.24 bits per heavy atom. The number of nitrogens with two attached hydrogens (primary N) is 1. The first kappa shape index (κ1) is 15.7. The lowest BCUT2D eigenvalue weighted by atomic mass is 10.1. The van der Waals surface area contributed by atoms with Gasteiger partial charge >= 0.3 is 5.97 Å². The second-order valence-electron chi connectivity index (χ2n) is 4.92. The normalized spacial score (nSPS) is 19.6. The maximum atomic E-state index is 12.5. The van der Waals surface area contributed by atoms with Crippen molar-refractivity contribution in [3.63, 3.8) is 0 Å². The van der Waals surface area contributed by atoms with E-state index in [1.807, 2.05) is 0 Å². The van der Waals surface area contributed by atoms with Crippen molar-refractivity contribution < 1.29 is 23.1 Å².